The van der Waals surface area contributed by atoms with Gasteiger partial charge >= 0.3 is 0 Å². The first kappa shape index (κ1) is 18.1. The summed E-state index contributed by atoms with van der Waals surface area (Å²) in [6.07, 6.45) is 1.71. The molecule has 3 heterocycles. The molecule has 148 valence electrons. The molecule has 8 heteroatoms. The summed E-state index contributed by atoms with van der Waals surface area (Å²) in [6.45, 7) is 1.83. The number of halogens is 1. The fourth-order valence-electron chi connectivity index (χ4n) is 3.85. The molecule has 1 N–H and O–H groups in total. The third-order valence-corrected chi connectivity index (χ3v) is 5.19. The van der Waals surface area contributed by atoms with Gasteiger partial charge in [0.15, 0.2) is 0 Å². The highest BCUT2D eigenvalue weighted by Gasteiger charge is 2.34. The smallest absolute Gasteiger partial charge is 0.272 e. The molecule has 1 aliphatic heterocycles. The largest absolute Gasteiger partial charge is 0.310 e. The van der Waals surface area contributed by atoms with E-state index in [2.05, 4.69) is 25.6 Å². The van der Waals surface area contributed by atoms with E-state index in [0.29, 0.717) is 22.8 Å². The summed E-state index contributed by atoms with van der Waals surface area (Å²) in [5.41, 5.74) is 3.42. The molecular formula is C22H17FN6O. The van der Waals surface area contributed by atoms with E-state index in [9.17, 15) is 9.18 Å². The Morgan fingerprint density at radius 2 is 1.87 bits per heavy atom. The molecule has 7 nitrogen and oxygen atoms in total. The van der Waals surface area contributed by atoms with Crippen molar-refractivity contribution in [2.75, 3.05) is 5.32 Å². The van der Waals surface area contributed by atoms with Gasteiger partial charge in [-0.2, -0.15) is 14.9 Å². The highest BCUT2D eigenvalue weighted by Crippen LogP contribution is 2.40. The van der Waals surface area contributed by atoms with Gasteiger partial charge in [-0.05, 0) is 18.6 Å². The number of amides is 1. The fraction of sp³-hybridized carbons (Fsp3) is 0.136. The number of carbonyl (C=O) groups is 1. The van der Waals surface area contributed by atoms with Gasteiger partial charge in [0, 0.05) is 23.5 Å². The van der Waals surface area contributed by atoms with Crippen molar-refractivity contribution in [1.82, 2.24) is 25.0 Å². The van der Waals surface area contributed by atoms with E-state index in [1.54, 1.807) is 24.4 Å². The molecule has 0 saturated carbocycles. The summed E-state index contributed by atoms with van der Waals surface area (Å²) in [4.78, 5) is 17.0. The SMILES string of the molecule is Cc1nn(-c2nncc(-c3ccccc3)n2)c2c1C(c1ccccc1F)CC(=O)N2. The van der Waals surface area contributed by atoms with Crippen LogP contribution >= 0.6 is 0 Å². The lowest BCUT2D eigenvalue weighted by Crippen LogP contribution is -2.25. The van der Waals surface area contributed by atoms with Crippen LogP contribution in [0.3, 0.4) is 0 Å². The summed E-state index contributed by atoms with van der Waals surface area (Å²) in [5.74, 6) is -0.323. The molecule has 0 spiro atoms. The summed E-state index contributed by atoms with van der Waals surface area (Å²) in [7, 11) is 0. The molecule has 0 saturated heterocycles. The molecule has 0 aliphatic carbocycles. The number of carbonyl (C=O) groups excluding carboxylic acids is 1. The lowest BCUT2D eigenvalue weighted by atomic mass is 9.85. The molecule has 0 fully saturated rings. The van der Waals surface area contributed by atoms with Crippen LogP contribution in [0.1, 0.15) is 29.2 Å². The highest BCUT2D eigenvalue weighted by atomic mass is 19.1. The average Bonchev–Trinajstić information content (AvgIpc) is 3.10. The zero-order valence-electron chi connectivity index (χ0n) is 16.1. The molecule has 1 unspecified atom stereocenters. The van der Waals surface area contributed by atoms with E-state index >= 15 is 0 Å². The van der Waals surface area contributed by atoms with Gasteiger partial charge < -0.3 is 5.32 Å². The van der Waals surface area contributed by atoms with Gasteiger partial charge in [-0.1, -0.05) is 48.5 Å². The Morgan fingerprint density at radius 1 is 1.10 bits per heavy atom. The van der Waals surface area contributed by atoms with Crippen molar-refractivity contribution in [3.05, 3.63) is 83.4 Å². The Kier molecular flexibility index (Phi) is 4.31. The maximum Gasteiger partial charge on any atom is 0.272 e. The second-order valence-electron chi connectivity index (χ2n) is 7.09. The maximum atomic E-state index is 14.5. The van der Waals surface area contributed by atoms with Crippen molar-refractivity contribution in [2.45, 2.75) is 19.3 Å². The number of aryl methyl sites for hydroxylation is 1. The highest BCUT2D eigenvalue weighted by molar-refractivity contribution is 5.95. The first-order chi connectivity index (χ1) is 14.6. The number of aromatic nitrogens is 5. The van der Waals surface area contributed by atoms with E-state index in [-0.39, 0.29) is 24.1 Å². The first-order valence-corrected chi connectivity index (χ1v) is 9.51. The predicted molar refractivity (Wildman–Crippen MR) is 109 cm³/mol. The number of fused-ring (bicyclic) bond motifs is 1. The topological polar surface area (TPSA) is 85.6 Å². The summed E-state index contributed by atoms with van der Waals surface area (Å²) in [5, 5.41) is 15.6. The molecule has 5 rings (SSSR count). The van der Waals surface area contributed by atoms with E-state index < -0.39 is 5.92 Å². The van der Waals surface area contributed by atoms with Crippen molar-refractivity contribution >= 4 is 11.7 Å². The molecule has 0 radical (unpaired) electrons. The van der Waals surface area contributed by atoms with Crippen molar-refractivity contribution < 1.29 is 9.18 Å². The molecular weight excluding hydrogens is 383 g/mol. The third-order valence-electron chi connectivity index (χ3n) is 5.19. The number of hydrogen-bond donors (Lipinski definition) is 1. The molecule has 2 aromatic heterocycles. The average molecular weight is 400 g/mol. The number of hydrogen-bond acceptors (Lipinski definition) is 5. The van der Waals surface area contributed by atoms with Crippen molar-refractivity contribution in [2.24, 2.45) is 0 Å². The van der Waals surface area contributed by atoms with E-state index in [4.69, 9.17) is 0 Å². The standard InChI is InChI=1S/C22H17FN6O/c1-13-20-16(15-9-5-6-10-17(15)23)11-19(30)26-21(20)29(28-13)22-25-18(12-24-27-22)14-7-3-2-4-8-14/h2-10,12,16H,11H2,1H3,(H,26,30). The number of nitrogens with zero attached hydrogens (tertiary/aromatic N) is 5. The Morgan fingerprint density at radius 3 is 2.67 bits per heavy atom. The minimum absolute atomic E-state index is 0.142. The van der Waals surface area contributed by atoms with Crippen LogP contribution in [0, 0.1) is 12.7 Å². The molecule has 2 aromatic carbocycles. The van der Waals surface area contributed by atoms with Crippen LogP contribution in [0.15, 0.2) is 60.8 Å². The number of anilines is 1. The lowest BCUT2D eigenvalue weighted by Gasteiger charge is -2.24. The zero-order valence-corrected chi connectivity index (χ0v) is 16.1. The van der Waals surface area contributed by atoms with Crippen molar-refractivity contribution in [3.8, 4) is 17.2 Å². The van der Waals surface area contributed by atoms with Crippen LogP contribution in [0.4, 0.5) is 10.2 Å². The third kappa shape index (κ3) is 3.02. The Balaban J connectivity index is 1.64. The number of rotatable bonds is 3. The van der Waals surface area contributed by atoms with Crippen LogP contribution in [-0.2, 0) is 4.79 Å². The minimum atomic E-state index is -0.436. The maximum absolute atomic E-state index is 14.5. The van der Waals surface area contributed by atoms with Crippen molar-refractivity contribution in [3.63, 3.8) is 0 Å². The van der Waals surface area contributed by atoms with Crippen molar-refractivity contribution in [1.29, 1.82) is 0 Å². The van der Waals surface area contributed by atoms with Crippen LogP contribution < -0.4 is 5.32 Å². The van der Waals surface area contributed by atoms with Gasteiger partial charge in [-0.3, -0.25) is 4.79 Å². The number of nitrogens with one attached hydrogen (secondary N) is 1. The van der Waals surface area contributed by atoms with Crippen LogP contribution in [0.5, 0.6) is 0 Å². The second kappa shape index (κ2) is 7.14. The Hall–Kier alpha value is -3.94. The Labute approximate surface area is 171 Å². The van der Waals surface area contributed by atoms with Gasteiger partial charge in [-0.15, -0.1) is 5.10 Å². The molecule has 1 atom stereocenters. The molecule has 1 aliphatic rings. The van der Waals surface area contributed by atoms with E-state index in [0.717, 1.165) is 11.1 Å². The molecule has 1 amide bonds. The second-order valence-corrected chi connectivity index (χ2v) is 7.09. The lowest BCUT2D eigenvalue weighted by molar-refractivity contribution is -0.116. The molecule has 30 heavy (non-hydrogen) atoms. The first-order valence-electron chi connectivity index (χ1n) is 9.51. The van der Waals surface area contributed by atoms with E-state index in [1.807, 2.05) is 37.3 Å². The summed E-state index contributed by atoms with van der Waals surface area (Å²) >= 11 is 0. The van der Waals surface area contributed by atoms with E-state index in [1.165, 1.54) is 10.7 Å². The normalized spacial score (nSPS) is 15.5. The van der Waals surface area contributed by atoms with Gasteiger partial charge in [-0.25, -0.2) is 9.37 Å². The molecule has 4 aromatic rings. The fourth-order valence-corrected chi connectivity index (χ4v) is 3.85. The van der Waals surface area contributed by atoms with Gasteiger partial charge in [0.2, 0.25) is 5.91 Å². The summed E-state index contributed by atoms with van der Waals surface area (Å²) in [6, 6.07) is 16.1. The van der Waals surface area contributed by atoms with Gasteiger partial charge in [0.25, 0.3) is 5.95 Å². The predicted octanol–water partition coefficient (Wildman–Crippen LogP) is 3.65. The number of benzene rings is 2. The van der Waals surface area contributed by atoms with Crippen LogP contribution in [0.25, 0.3) is 17.2 Å². The monoisotopic (exact) mass is 400 g/mol. The van der Waals surface area contributed by atoms with Gasteiger partial charge in [0.05, 0.1) is 17.6 Å². The Bertz CT molecular complexity index is 1250. The van der Waals surface area contributed by atoms with Crippen LogP contribution in [-0.4, -0.2) is 30.9 Å². The quantitative estimate of drug-likeness (QED) is 0.567. The van der Waals surface area contributed by atoms with Gasteiger partial charge in [0.1, 0.15) is 11.6 Å². The zero-order chi connectivity index (χ0) is 20.7. The van der Waals surface area contributed by atoms with Crippen LogP contribution in [0.2, 0.25) is 0 Å². The minimum Gasteiger partial charge on any atom is -0.310 e. The summed E-state index contributed by atoms with van der Waals surface area (Å²) < 4.78 is 16.0. The molecule has 0 bridgehead atoms.